The van der Waals surface area contributed by atoms with Crippen LogP contribution in [0.4, 0.5) is 27.8 Å². The Labute approximate surface area is 226 Å². The second-order valence-electron chi connectivity index (χ2n) is 10.0. The zero-order valence-electron chi connectivity index (χ0n) is 21.8. The fourth-order valence-corrected chi connectivity index (χ4v) is 5.44. The van der Waals surface area contributed by atoms with Crippen LogP contribution in [-0.2, 0) is 22.5 Å². The first-order valence-electron chi connectivity index (χ1n) is 13.3. The molecule has 0 spiro atoms. The number of nitrogens with zero attached hydrogens (tertiary/aromatic N) is 8. The van der Waals surface area contributed by atoms with Crippen LogP contribution in [0.5, 0.6) is 0 Å². The van der Waals surface area contributed by atoms with E-state index in [1.54, 1.807) is 18.5 Å². The molecular weight excluding hydrogens is 501 g/mol. The van der Waals surface area contributed by atoms with E-state index in [4.69, 9.17) is 20.4 Å². The summed E-state index contributed by atoms with van der Waals surface area (Å²) in [5.41, 5.74) is 9.72. The number of nitrogen functional groups attached to an aromatic ring is 1. The molecule has 3 aliphatic rings. The second kappa shape index (κ2) is 11.2. The summed E-state index contributed by atoms with van der Waals surface area (Å²) in [5, 5.41) is 0. The topological polar surface area (TPSA) is 117 Å². The molecule has 0 unspecified atom stereocenters. The third kappa shape index (κ3) is 5.40. The van der Waals surface area contributed by atoms with E-state index < -0.39 is 0 Å². The van der Waals surface area contributed by atoms with Gasteiger partial charge < -0.3 is 25.1 Å². The lowest BCUT2D eigenvalue weighted by Crippen LogP contribution is -2.46. The Morgan fingerprint density at radius 2 is 1.72 bits per heavy atom. The molecular formula is C27H32FN9O2. The molecule has 0 atom stereocenters. The lowest BCUT2D eigenvalue weighted by atomic mass is 10.1. The summed E-state index contributed by atoms with van der Waals surface area (Å²) in [5.74, 6) is 1.20. The van der Waals surface area contributed by atoms with Crippen molar-refractivity contribution in [1.29, 1.82) is 0 Å². The fraction of sp³-hybridized carbons (Fsp3) is 0.444. The Bertz CT molecular complexity index is 1330. The van der Waals surface area contributed by atoms with Gasteiger partial charge >= 0.3 is 0 Å². The normalized spacial score (nSPS) is 18.4. The highest BCUT2D eigenvalue weighted by atomic mass is 19.1. The van der Waals surface area contributed by atoms with Crippen molar-refractivity contribution in [2.24, 2.45) is 0 Å². The quantitative estimate of drug-likeness (QED) is 0.445. The van der Waals surface area contributed by atoms with E-state index in [2.05, 4.69) is 24.7 Å². The molecule has 3 aliphatic heterocycles. The van der Waals surface area contributed by atoms with E-state index in [9.17, 15) is 4.79 Å². The van der Waals surface area contributed by atoms with E-state index >= 15 is 4.39 Å². The van der Waals surface area contributed by atoms with Crippen LogP contribution in [0.2, 0.25) is 0 Å². The summed E-state index contributed by atoms with van der Waals surface area (Å²) in [4.78, 5) is 37.6. The third-order valence-electron chi connectivity index (χ3n) is 7.56. The number of piperazine rings is 1. The molecule has 0 aliphatic carbocycles. The fourth-order valence-electron chi connectivity index (χ4n) is 5.44. The molecule has 11 nitrogen and oxygen atoms in total. The number of fused-ring (bicyclic) bond motifs is 1. The monoisotopic (exact) mass is 533 g/mol. The summed E-state index contributed by atoms with van der Waals surface area (Å²) in [7, 11) is 0. The van der Waals surface area contributed by atoms with Crippen LogP contribution in [0.15, 0.2) is 30.6 Å². The molecule has 0 saturated carbocycles. The molecule has 2 saturated heterocycles. The van der Waals surface area contributed by atoms with Gasteiger partial charge in [0.05, 0.1) is 31.1 Å². The van der Waals surface area contributed by atoms with E-state index in [1.165, 1.54) is 0 Å². The first kappa shape index (κ1) is 25.5. The first-order valence-corrected chi connectivity index (χ1v) is 13.3. The largest absolute Gasteiger partial charge is 0.378 e. The van der Waals surface area contributed by atoms with Crippen molar-refractivity contribution in [1.82, 2.24) is 29.7 Å². The third-order valence-corrected chi connectivity index (χ3v) is 7.56. The predicted molar refractivity (Wildman–Crippen MR) is 145 cm³/mol. The summed E-state index contributed by atoms with van der Waals surface area (Å²) in [6, 6.07) is 5.33. The van der Waals surface area contributed by atoms with Gasteiger partial charge in [-0.05, 0) is 24.1 Å². The van der Waals surface area contributed by atoms with Crippen LogP contribution < -0.4 is 15.5 Å². The van der Waals surface area contributed by atoms with Crippen molar-refractivity contribution < 1.29 is 13.9 Å². The molecule has 1 aromatic carbocycles. The van der Waals surface area contributed by atoms with Crippen molar-refractivity contribution >= 4 is 29.7 Å². The predicted octanol–water partition coefficient (Wildman–Crippen LogP) is 1.50. The van der Waals surface area contributed by atoms with Crippen LogP contribution >= 0.6 is 0 Å². The van der Waals surface area contributed by atoms with E-state index in [1.807, 2.05) is 17.0 Å². The number of ether oxygens (including phenoxy) is 1. The highest BCUT2D eigenvalue weighted by Crippen LogP contribution is 2.40. The number of rotatable bonds is 7. The number of nitrogens with two attached hydrogens (primary N) is 1. The lowest BCUT2D eigenvalue weighted by molar-refractivity contribution is -0.109. The Kier molecular flexibility index (Phi) is 7.31. The van der Waals surface area contributed by atoms with Gasteiger partial charge in [-0.15, -0.1) is 0 Å². The van der Waals surface area contributed by atoms with Crippen molar-refractivity contribution in [2.45, 2.75) is 13.0 Å². The minimum Gasteiger partial charge on any atom is -0.378 e. The molecule has 12 heteroatoms. The molecule has 5 heterocycles. The van der Waals surface area contributed by atoms with E-state index in [0.717, 1.165) is 61.4 Å². The van der Waals surface area contributed by atoms with Crippen LogP contribution in [0.3, 0.4) is 0 Å². The SMILES string of the molecule is Nc1ncc(-c2nc(N3CCOCC3)nc3c2CCN3c2cc(CN3CCN(CC=O)CC3)ccc2F)cn1. The number of benzene rings is 1. The maximum Gasteiger partial charge on any atom is 0.228 e. The standard InChI is InChI=1S/C27H32FN9O2/c28-22-2-1-19(18-35-7-5-34(6-8-35)9-12-38)15-23(22)37-4-3-21-24(20-16-30-26(29)31-17-20)32-27(33-25(21)37)36-10-13-39-14-11-36/h1-2,12,15-17H,3-11,13-14,18H2,(H2,29,30,31). The average molecular weight is 534 g/mol. The van der Waals surface area contributed by atoms with Gasteiger partial charge in [0.15, 0.2) is 0 Å². The van der Waals surface area contributed by atoms with Crippen molar-refractivity contribution in [3.05, 3.63) is 47.5 Å². The Hall–Kier alpha value is -3.74. The van der Waals surface area contributed by atoms with Gasteiger partial charge in [0, 0.05) is 75.9 Å². The van der Waals surface area contributed by atoms with Crippen LogP contribution in [0, 0.1) is 5.82 Å². The molecule has 0 radical (unpaired) electrons. The maximum absolute atomic E-state index is 15.4. The molecule has 0 bridgehead atoms. The number of morpholine rings is 1. The molecule has 2 fully saturated rings. The van der Waals surface area contributed by atoms with E-state index in [0.29, 0.717) is 63.3 Å². The average Bonchev–Trinajstić information content (AvgIpc) is 3.40. The molecule has 3 aromatic rings. The summed E-state index contributed by atoms with van der Waals surface area (Å²) < 4.78 is 20.9. The van der Waals surface area contributed by atoms with Gasteiger partial charge in [-0.1, -0.05) is 6.07 Å². The summed E-state index contributed by atoms with van der Waals surface area (Å²) >= 11 is 0. The first-order chi connectivity index (χ1) is 19.1. The minimum absolute atomic E-state index is 0.198. The van der Waals surface area contributed by atoms with Crippen LogP contribution in [0.25, 0.3) is 11.3 Å². The van der Waals surface area contributed by atoms with Gasteiger partial charge in [-0.2, -0.15) is 4.98 Å². The Morgan fingerprint density at radius 1 is 0.974 bits per heavy atom. The number of carbonyl (C=O) groups excluding carboxylic acids is 1. The van der Waals surface area contributed by atoms with Crippen LogP contribution in [-0.4, -0.2) is 102 Å². The number of aldehydes is 1. The number of carbonyl (C=O) groups is 1. The van der Waals surface area contributed by atoms with Crippen molar-refractivity contribution in [3.8, 4) is 11.3 Å². The smallest absolute Gasteiger partial charge is 0.228 e. The minimum atomic E-state index is -0.286. The van der Waals surface area contributed by atoms with Crippen molar-refractivity contribution in [2.75, 3.05) is 81.1 Å². The van der Waals surface area contributed by atoms with Gasteiger partial charge in [0.1, 0.15) is 17.9 Å². The molecule has 2 N–H and O–H groups in total. The van der Waals surface area contributed by atoms with Crippen LogP contribution in [0.1, 0.15) is 11.1 Å². The Morgan fingerprint density at radius 3 is 2.46 bits per heavy atom. The number of halogens is 1. The molecule has 0 amide bonds. The molecule has 39 heavy (non-hydrogen) atoms. The highest BCUT2D eigenvalue weighted by Gasteiger charge is 2.31. The zero-order valence-corrected chi connectivity index (χ0v) is 21.8. The number of hydrogen-bond donors (Lipinski definition) is 1. The molecule has 2 aromatic heterocycles. The highest BCUT2D eigenvalue weighted by molar-refractivity contribution is 5.77. The second-order valence-corrected chi connectivity index (χ2v) is 10.0. The van der Waals surface area contributed by atoms with Crippen molar-refractivity contribution in [3.63, 3.8) is 0 Å². The number of hydrogen-bond acceptors (Lipinski definition) is 11. The number of anilines is 4. The Balaban J connectivity index is 1.32. The van der Waals surface area contributed by atoms with Gasteiger partial charge in [0.25, 0.3) is 0 Å². The zero-order chi connectivity index (χ0) is 26.8. The summed E-state index contributed by atoms with van der Waals surface area (Å²) in [6.45, 7) is 7.80. The lowest BCUT2D eigenvalue weighted by Gasteiger charge is -2.33. The van der Waals surface area contributed by atoms with Gasteiger partial charge in [-0.25, -0.2) is 19.3 Å². The molecule has 204 valence electrons. The maximum atomic E-state index is 15.4. The molecule has 6 rings (SSSR count). The van der Waals surface area contributed by atoms with E-state index in [-0.39, 0.29) is 11.8 Å². The number of aromatic nitrogens is 4. The summed E-state index contributed by atoms with van der Waals surface area (Å²) in [6.07, 6.45) is 4.97. The van der Waals surface area contributed by atoms with Gasteiger partial charge in [-0.3, -0.25) is 9.80 Å². The van der Waals surface area contributed by atoms with Gasteiger partial charge in [0.2, 0.25) is 11.9 Å².